The summed E-state index contributed by atoms with van der Waals surface area (Å²) < 4.78 is 20.2. The highest BCUT2D eigenvalue weighted by Gasteiger charge is 2.23. The summed E-state index contributed by atoms with van der Waals surface area (Å²) in [6.07, 6.45) is 0. The minimum absolute atomic E-state index is 0.0376. The molecule has 0 aliphatic carbocycles. The van der Waals surface area contributed by atoms with Crippen LogP contribution in [0.2, 0.25) is 5.02 Å². The number of benzene rings is 1. The van der Waals surface area contributed by atoms with Crippen LogP contribution >= 0.6 is 27.5 Å². The molecular weight excluding hydrogens is 335 g/mol. The molecule has 1 aromatic heterocycles. The molecule has 19 heavy (non-hydrogen) atoms. The number of furan rings is 1. The number of hydrogen-bond donors (Lipinski definition) is 2. The molecule has 102 valence electrons. The molecule has 1 aromatic carbocycles. The molecule has 0 bridgehead atoms. The first kappa shape index (κ1) is 14.5. The van der Waals surface area contributed by atoms with E-state index >= 15 is 0 Å². The SMILES string of the molecule is Cc1cc(C(NN)c2ccc(Br)c(Cl)c2F)c(C)o1. The predicted molar refractivity (Wildman–Crippen MR) is 76.5 cm³/mol. The average molecular weight is 348 g/mol. The number of nitrogens with one attached hydrogen (secondary N) is 1. The third kappa shape index (κ3) is 2.69. The van der Waals surface area contributed by atoms with Crippen LogP contribution in [0.1, 0.15) is 28.7 Å². The number of nitrogens with two attached hydrogens (primary N) is 1. The van der Waals surface area contributed by atoms with Gasteiger partial charge in [0.05, 0.1) is 11.1 Å². The molecule has 1 unspecified atom stereocenters. The maximum absolute atomic E-state index is 14.2. The zero-order valence-electron chi connectivity index (χ0n) is 10.4. The highest BCUT2D eigenvalue weighted by molar-refractivity contribution is 9.10. The van der Waals surface area contributed by atoms with E-state index in [1.54, 1.807) is 12.1 Å². The maximum Gasteiger partial charge on any atom is 0.148 e. The number of halogens is 3. The Balaban J connectivity index is 2.54. The second kappa shape index (κ2) is 5.63. The van der Waals surface area contributed by atoms with Gasteiger partial charge in [-0.3, -0.25) is 5.84 Å². The molecule has 0 saturated heterocycles. The summed E-state index contributed by atoms with van der Waals surface area (Å²) in [4.78, 5) is 0. The lowest BCUT2D eigenvalue weighted by molar-refractivity contribution is 0.492. The van der Waals surface area contributed by atoms with Crippen molar-refractivity contribution < 1.29 is 8.81 Å². The van der Waals surface area contributed by atoms with Crippen molar-refractivity contribution in [2.75, 3.05) is 0 Å². The summed E-state index contributed by atoms with van der Waals surface area (Å²) in [5.41, 5.74) is 3.77. The van der Waals surface area contributed by atoms with Crippen LogP contribution in [-0.4, -0.2) is 0 Å². The minimum Gasteiger partial charge on any atom is -0.466 e. The molecular formula is C13H13BrClFN2O. The fourth-order valence-corrected chi connectivity index (χ4v) is 2.53. The second-order valence-corrected chi connectivity index (χ2v) is 5.47. The molecule has 0 spiro atoms. The Bertz CT molecular complexity index is 615. The molecule has 1 atom stereocenters. The van der Waals surface area contributed by atoms with Crippen LogP contribution in [-0.2, 0) is 0 Å². The summed E-state index contributed by atoms with van der Waals surface area (Å²) >= 11 is 9.09. The van der Waals surface area contributed by atoms with Crippen molar-refractivity contribution in [2.45, 2.75) is 19.9 Å². The average Bonchev–Trinajstić information content (AvgIpc) is 2.69. The van der Waals surface area contributed by atoms with Gasteiger partial charge in [-0.05, 0) is 41.9 Å². The van der Waals surface area contributed by atoms with Gasteiger partial charge in [0, 0.05) is 15.6 Å². The van der Waals surface area contributed by atoms with Crippen molar-refractivity contribution in [3.8, 4) is 0 Å². The summed E-state index contributed by atoms with van der Waals surface area (Å²) in [6, 6.07) is 4.64. The maximum atomic E-state index is 14.2. The molecule has 0 saturated carbocycles. The fraction of sp³-hybridized carbons (Fsp3) is 0.231. The van der Waals surface area contributed by atoms with Gasteiger partial charge in [0.15, 0.2) is 0 Å². The summed E-state index contributed by atoms with van der Waals surface area (Å²) in [5, 5.41) is 0.0376. The lowest BCUT2D eigenvalue weighted by Gasteiger charge is -2.17. The van der Waals surface area contributed by atoms with E-state index < -0.39 is 11.9 Å². The van der Waals surface area contributed by atoms with Crippen molar-refractivity contribution in [3.05, 3.63) is 56.2 Å². The Kier molecular flexibility index (Phi) is 4.30. The number of hydrogen-bond acceptors (Lipinski definition) is 3. The van der Waals surface area contributed by atoms with Crippen molar-refractivity contribution in [1.29, 1.82) is 0 Å². The Morgan fingerprint density at radius 1 is 1.37 bits per heavy atom. The van der Waals surface area contributed by atoms with E-state index in [4.69, 9.17) is 21.9 Å². The molecule has 3 N–H and O–H groups in total. The van der Waals surface area contributed by atoms with Crippen molar-refractivity contribution in [2.24, 2.45) is 5.84 Å². The van der Waals surface area contributed by atoms with Gasteiger partial charge < -0.3 is 4.42 Å². The van der Waals surface area contributed by atoms with Crippen LogP contribution in [0.15, 0.2) is 27.1 Å². The topological polar surface area (TPSA) is 51.2 Å². The molecule has 0 radical (unpaired) electrons. The zero-order valence-corrected chi connectivity index (χ0v) is 12.8. The van der Waals surface area contributed by atoms with Crippen LogP contribution < -0.4 is 11.3 Å². The fourth-order valence-electron chi connectivity index (χ4n) is 2.05. The van der Waals surface area contributed by atoms with Crippen molar-refractivity contribution in [3.63, 3.8) is 0 Å². The van der Waals surface area contributed by atoms with Crippen LogP contribution in [0.4, 0.5) is 4.39 Å². The van der Waals surface area contributed by atoms with Crippen molar-refractivity contribution in [1.82, 2.24) is 5.43 Å². The lowest BCUT2D eigenvalue weighted by atomic mass is 9.99. The molecule has 1 heterocycles. The summed E-state index contributed by atoms with van der Waals surface area (Å²) in [7, 11) is 0. The van der Waals surface area contributed by atoms with Crippen LogP contribution in [0.25, 0.3) is 0 Å². The third-order valence-electron chi connectivity index (χ3n) is 2.93. The standard InChI is InChI=1S/C13H13BrClFN2O/c1-6-5-9(7(2)19-6)13(18-17)8-3-4-10(14)11(15)12(8)16/h3-5,13,18H,17H2,1-2H3. The van der Waals surface area contributed by atoms with Gasteiger partial charge in [0.25, 0.3) is 0 Å². The van der Waals surface area contributed by atoms with Crippen LogP contribution in [0, 0.1) is 19.7 Å². The lowest BCUT2D eigenvalue weighted by Crippen LogP contribution is -2.29. The van der Waals surface area contributed by atoms with Gasteiger partial charge in [0.2, 0.25) is 0 Å². The summed E-state index contributed by atoms with van der Waals surface area (Å²) in [5.74, 6) is 6.50. The van der Waals surface area contributed by atoms with E-state index in [-0.39, 0.29) is 5.02 Å². The molecule has 2 rings (SSSR count). The van der Waals surface area contributed by atoms with Gasteiger partial charge in [0.1, 0.15) is 17.3 Å². The largest absolute Gasteiger partial charge is 0.466 e. The molecule has 0 aliphatic rings. The van der Waals surface area contributed by atoms with Crippen LogP contribution in [0.5, 0.6) is 0 Å². The number of rotatable bonds is 3. The van der Waals surface area contributed by atoms with Gasteiger partial charge in [-0.1, -0.05) is 17.7 Å². The van der Waals surface area contributed by atoms with E-state index in [0.717, 1.165) is 11.3 Å². The Morgan fingerprint density at radius 2 is 2.05 bits per heavy atom. The third-order valence-corrected chi connectivity index (χ3v) is 4.19. The first-order valence-electron chi connectivity index (χ1n) is 5.62. The van der Waals surface area contributed by atoms with Gasteiger partial charge in [-0.2, -0.15) is 0 Å². The molecule has 0 aliphatic heterocycles. The van der Waals surface area contributed by atoms with Crippen LogP contribution in [0.3, 0.4) is 0 Å². The van der Waals surface area contributed by atoms with E-state index in [1.807, 2.05) is 19.9 Å². The van der Waals surface area contributed by atoms with E-state index in [9.17, 15) is 4.39 Å². The Labute approximate surface area is 124 Å². The molecule has 0 fully saturated rings. The highest BCUT2D eigenvalue weighted by atomic mass is 79.9. The van der Waals surface area contributed by atoms with E-state index in [1.165, 1.54) is 0 Å². The first-order valence-corrected chi connectivity index (χ1v) is 6.79. The predicted octanol–water partition coefficient (Wildman–Crippen LogP) is 4.00. The van der Waals surface area contributed by atoms with Gasteiger partial charge >= 0.3 is 0 Å². The number of aryl methyl sites for hydroxylation is 2. The quantitative estimate of drug-likeness (QED) is 0.501. The molecule has 0 amide bonds. The Morgan fingerprint density at radius 3 is 2.58 bits per heavy atom. The molecule has 2 aromatic rings. The van der Waals surface area contributed by atoms with E-state index in [0.29, 0.717) is 15.8 Å². The Hall–Kier alpha value is -0.880. The van der Waals surface area contributed by atoms with Crippen molar-refractivity contribution >= 4 is 27.5 Å². The normalized spacial score (nSPS) is 12.7. The molecule has 6 heteroatoms. The monoisotopic (exact) mass is 346 g/mol. The first-order chi connectivity index (χ1) is 8.95. The van der Waals surface area contributed by atoms with E-state index in [2.05, 4.69) is 21.4 Å². The molecule has 3 nitrogen and oxygen atoms in total. The number of hydrazine groups is 1. The zero-order chi connectivity index (χ0) is 14.2. The smallest absolute Gasteiger partial charge is 0.148 e. The highest BCUT2D eigenvalue weighted by Crippen LogP contribution is 2.34. The summed E-state index contributed by atoms with van der Waals surface area (Å²) in [6.45, 7) is 3.64. The second-order valence-electron chi connectivity index (χ2n) is 4.23. The van der Waals surface area contributed by atoms with Gasteiger partial charge in [-0.25, -0.2) is 9.82 Å². The minimum atomic E-state index is -0.511. The van der Waals surface area contributed by atoms with Gasteiger partial charge in [-0.15, -0.1) is 0 Å².